The van der Waals surface area contributed by atoms with Gasteiger partial charge in [0.2, 0.25) is 0 Å². The van der Waals surface area contributed by atoms with E-state index in [0.717, 1.165) is 10.4 Å². The summed E-state index contributed by atoms with van der Waals surface area (Å²) in [5.74, 6) is 0.908. The smallest absolute Gasteiger partial charge is 0.350 e. The summed E-state index contributed by atoms with van der Waals surface area (Å²) in [5, 5.41) is 0. The van der Waals surface area contributed by atoms with Crippen molar-refractivity contribution >= 4 is 23.0 Å². The van der Waals surface area contributed by atoms with Crippen LogP contribution in [0.5, 0.6) is 11.5 Å². The van der Waals surface area contributed by atoms with Gasteiger partial charge in [0, 0.05) is 10.9 Å². The summed E-state index contributed by atoms with van der Waals surface area (Å²) in [6.45, 7) is 0. The molecular formula is C14H15NO4S. The molecule has 0 aliphatic heterocycles. The Hall–Kier alpha value is -2.21. The molecule has 1 aromatic heterocycles. The summed E-state index contributed by atoms with van der Waals surface area (Å²) in [6, 6.07) is 7.23. The third kappa shape index (κ3) is 2.70. The van der Waals surface area contributed by atoms with E-state index >= 15 is 0 Å². The summed E-state index contributed by atoms with van der Waals surface area (Å²) in [7, 11) is 4.50. The van der Waals surface area contributed by atoms with Crippen molar-refractivity contribution in [3.63, 3.8) is 0 Å². The van der Waals surface area contributed by atoms with E-state index in [2.05, 4.69) is 0 Å². The van der Waals surface area contributed by atoms with Gasteiger partial charge in [-0.1, -0.05) is 0 Å². The molecule has 0 atom stereocenters. The van der Waals surface area contributed by atoms with Crippen molar-refractivity contribution < 1.29 is 19.0 Å². The van der Waals surface area contributed by atoms with Gasteiger partial charge in [-0.25, -0.2) is 4.79 Å². The number of nitrogens with two attached hydrogens (primary N) is 1. The maximum Gasteiger partial charge on any atom is 0.350 e. The van der Waals surface area contributed by atoms with Gasteiger partial charge >= 0.3 is 5.97 Å². The predicted molar refractivity (Wildman–Crippen MR) is 78.6 cm³/mol. The van der Waals surface area contributed by atoms with Crippen LogP contribution in [0.15, 0.2) is 24.3 Å². The number of esters is 1. The highest BCUT2D eigenvalue weighted by Crippen LogP contribution is 2.37. The lowest BCUT2D eigenvalue weighted by Gasteiger charge is -2.07. The molecule has 1 heterocycles. The number of ether oxygens (including phenoxy) is 3. The summed E-state index contributed by atoms with van der Waals surface area (Å²) < 4.78 is 15.2. The third-order valence-corrected chi connectivity index (χ3v) is 3.95. The van der Waals surface area contributed by atoms with E-state index in [1.165, 1.54) is 18.4 Å². The molecule has 0 saturated carbocycles. The van der Waals surface area contributed by atoms with Crippen LogP contribution in [0.25, 0.3) is 10.4 Å². The van der Waals surface area contributed by atoms with Gasteiger partial charge in [0.1, 0.15) is 16.4 Å². The molecule has 0 aliphatic carbocycles. The number of hydrogen-bond donors (Lipinski definition) is 1. The zero-order valence-electron chi connectivity index (χ0n) is 11.4. The van der Waals surface area contributed by atoms with Gasteiger partial charge < -0.3 is 19.9 Å². The summed E-state index contributed by atoms with van der Waals surface area (Å²) in [5.41, 5.74) is 7.11. The Morgan fingerprint density at radius 2 is 1.65 bits per heavy atom. The SMILES string of the molecule is COC(=O)c1sc(-c2cc(OC)cc(OC)c2)cc1N. The Morgan fingerprint density at radius 3 is 2.15 bits per heavy atom. The fourth-order valence-corrected chi connectivity index (χ4v) is 2.73. The number of rotatable bonds is 4. The number of carbonyl (C=O) groups excluding carboxylic acids is 1. The normalized spacial score (nSPS) is 10.2. The van der Waals surface area contributed by atoms with Gasteiger partial charge in [-0.3, -0.25) is 0 Å². The summed E-state index contributed by atoms with van der Waals surface area (Å²) in [4.78, 5) is 12.8. The lowest BCUT2D eigenvalue weighted by atomic mass is 10.1. The van der Waals surface area contributed by atoms with E-state index in [1.807, 2.05) is 12.1 Å². The van der Waals surface area contributed by atoms with Crippen LogP contribution in [0, 0.1) is 0 Å². The van der Waals surface area contributed by atoms with Crippen molar-refractivity contribution in [3.8, 4) is 21.9 Å². The van der Waals surface area contributed by atoms with Crippen LogP contribution < -0.4 is 15.2 Å². The molecule has 6 heteroatoms. The zero-order chi connectivity index (χ0) is 14.7. The minimum Gasteiger partial charge on any atom is -0.497 e. The Morgan fingerprint density at radius 1 is 1.05 bits per heavy atom. The van der Waals surface area contributed by atoms with Gasteiger partial charge in [-0.05, 0) is 23.8 Å². The van der Waals surface area contributed by atoms with Crippen molar-refractivity contribution in [2.24, 2.45) is 0 Å². The highest BCUT2D eigenvalue weighted by atomic mass is 32.1. The van der Waals surface area contributed by atoms with E-state index in [1.54, 1.807) is 26.4 Å². The number of anilines is 1. The lowest BCUT2D eigenvalue weighted by molar-refractivity contribution is 0.0607. The number of nitrogen functional groups attached to an aromatic ring is 1. The van der Waals surface area contributed by atoms with Crippen LogP contribution in [0.3, 0.4) is 0 Å². The summed E-state index contributed by atoms with van der Waals surface area (Å²) in [6.07, 6.45) is 0. The average Bonchev–Trinajstić information content (AvgIpc) is 2.87. The third-order valence-electron chi connectivity index (χ3n) is 2.77. The van der Waals surface area contributed by atoms with E-state index in [-0.39, 0.29) is 0 Å². The maximum atomic E-state index is 11.6. The van der Waals surface area contributed by atoms with E-state index in [9.17, 15) is 4.79 Å². The molecule has 0 aliphatic rings. The molecule has 0 fully saturated rings. The molecule has 0 bridgehead atoms. The molecule has 0 amide bonds. The first-order chi connectivity index (χ1) is 9.58. The fraction of sp³-hybridized carbons (Fsp3) is 0.214. The number of hydrogen-bond acceptors (Lipinski definition) is 6. The Kier molecular flexibility index (Phi) is 4.14. The highest BCUT2D eigenvalue weighted by Gasteiger charge is 2.16. The Labute approximate surface area is 120 Å². The number of carbonyl (C=O) groups is 1. The van der Waals surface area contributed by atoms with Gasteiger partial charge in [-0.15, -0.1) is 11.3 Å². The zero-order valence-corrected chi connectivity index (χ0v) is 12.2. The Balaban J connectivity index is 2.48. The molecule has 2 N–H and O–H groups in total. The van der Waals surface area contributed by atoms with Crippen LogP contribution in [0.4, 0.5) is 5.69 Å². The van der Waals surface area contributed by atoms with E-state index in [0.29, 0.717) is 22.1 Å². The molecule has 1 aromatic carbocycles. The molecule has 106 valence electrons. The van der Waals surface area contributed by atoms with Gasteiger partial charge in [0.25, 0.3) is 0 Å². The minimum atomic E-state index is -0.436. The van der Waals surface area contributed by atoms with Crippen molar-refractivity contribution in [1.82, 2.24) is 0 Å². The first kappa shape index (κ1) is 14.2. The molecule has 0 saturated heterocycles. The number of benzene rings is 1. The van der Waals surface area contributed by atoms with Crippen LogP contribution in [0.2, 0.25) is 0 Å². The van der Waals surface area contributed by atoms with Crippen LogP contribution in [-0.4, -0.2) is 27.3 Å². The second-order valence-corrected chi connectivity index (χ2v) is 5.04. The van der Waals surface area contributed by atoms with Crippen LogP contribution in [0.1, 0.15) is 9.67 Å². The van der Waals surface area contributed by atoms with Gasteiger partial charge in [0.05, 0.1) is 27.0 Å². The second-order valence-electron chi connectivity index (χ2n) is 3.99. The quantitative estimate of drug-likeness (QED) is 0.878. The molecule has 20 heavy (non-hydrogen) atoms. The minimum absolute atomic E-state index is 0.393. The lowest BCUT2D eigenvalue weighted by Crippen LogP contribution is -2.00. The van der Waals surface area contributed by atoms with Crippen molar-refractivity contribution in [2.45, 2.75) is 0 Å². The number of methoxy groups -OCH3 is 3. The predicted octanol–water partition coefficient (Wildman–Crippen LogP) is 2.80. The van der Waals surface area contributed by atoms with Crippen molar-refractivity contribution in [3.05, 3.63) is 29.1 Å². The maximum absolute atomic E-state index is 11.6. The average molecular weight is 293 g/mol. The second kappa shape index (κ2) is 5.83. The van der Waals surface area contributed by atoms with Crippen LogP contribution in [-0.2, 0) is 4.74 Å². The molecule has 2 rings (SSSR count). The van der Waals surface area contributed by atoms with Gasteiger partial charge in [-0.2, -0.15) is 0 Å². The highest BCUT2D eigenvalue weighted by molar-refractivity contribution is 7.18. The molecule has 0 spiro atoms. The van der Waals surface area contributed by atoms with Crippen molar-refractivity contribution in [1.29, 1.82) is 0 Å². The first-order valence-electron chi connectivity index (χ1n) is 5.80. The Bertz CT molecular complexity index is 614. The monoisotopic (exact) mass is 293 g/mol. The van der Waals surface area contributed by atoms with E-state index in [4.69, 9.17) is 19.9 Å². The topological polar surface area (TPSA) is 70.8 Å². The fourth-order valence-electron chi connectivity index (χ4n) is 1.75. The number of thiophene rings is 1. The van der Waals surface area contributed by atoms with E-state index < -0.39 is 5.97 Å². The standard InChI is InChI=1S/C14H15NO4S/c1-17-9-4-8(5-10(6-9)18-2)12-7-11(15)13(20-12)14(16)19-3/h4-7H,15H2,1-3H3. The largest absolute Gasteiger partial charge is 0.497 e. The first-order valence-corrected chi connectivity index (χ1v) is 6.61. The van der Waals surface area contributed by atoms with Crippen molar-refractivity contribution in [2.75, 3.05) is 27.1 Å². The molecule has 0 radical (unpaired) electrons. The summed E-state index contributed by atoms with van der Waals surface area (Å²) >= 11 is 1.27. The molecule has 0 unspecified atom stereocenters. The van der Waals surface area contributed by atoms with Gasteiger partial charge in [0.15, 0.2) is 0 Å². The van der Waals surface area contributed by atoms with Crippen LogP contribution >= 0.6 is 11.3 Å². The molecular weight excluding hydrogens is 278 g/mol. The molecule has 2 aromatic rings. The molecule has 5 nitrogen and oxygen atoms in total.